The van der Waals surface area contributed by atoms with Gasteiger partial charge in [-0.1, -0.05) is 30.3 Å². The topological polar surface area (TPSA) is 81.0 Å². The molecule has 0 radical (unpaired) electrons. The molecule has 2 heterocycles. The van der Waals surface area contributed by atoms with Crippen molar-refractivity contribution in [3.8, 4) is 17.2 Å². The first-order chi connectivity index (χ1) is 17.3. The summed E-state index contributed by atoms with van der Waals surface area (Å²) >= 11 is 0. The van der Waals surface area contributed by atoms with Crippen molar-refractivity contribution in [2.75, 3.05) is 0 Å². The zero-order chi connectivity index (χ0) is 25.3. The van der Waals surface area contributed by atoms with Crippen LogP contribution in [-0.4, -0.2) is 15.2 Å². The van der Waals surface area contributed by atoms with Crippen molar-refractivity contribution in [2.45, 2.75) is 44.9 Å². The van der Waals surface area contributed by atoms with Crippen LogP contribution in [0, 0.1) is 5.92 Å². The highest BCUT2D eigenvalue weighted by Gasteiger charge is 2.36. The summed E-state index contributed by atoms with van der Waals surface area (Å²) in [6.07, 6.45) is -0.917. The number of ether oxygens (including phenoxy) is 3. The molecule has 3 aromatic rings. The van der Waals surface area contributed by atoms with E-state index in [1.165, 1.54) is 18.2 Å². The molecule has 0 bridgehead atoms. The summed E-state index contributed by atoms with van der Waals surface area (Å²) in [5, 5.41) is 20.5. The number of halogens is 3. The maximum absolute atomic E-state index is 13.3. The Labute approximate surface area is 205 Å². The second-order valence-electron chi connectivity index (χ2n) is 8.74. The molecule has 6 nitrogen and oxygen atoms in total. The molecule has 2 aromatic carbocycles. The van der Waals surface area contributed by atoms with E-state index in [1.54, 1.807) is 24.3 Å². The summed E-state index contributed by atoms with van der Waals surface area (Å²) in [5.41, 5.74) is 0.742. The minimum Gasteiger partial charge on any atom is -0.489 e. The number of aromatic nitrogens is 1. The quantitative estimate of drug-likeness (QED) is 0.428. The molecule has 0 saturated heterocycles. The Morgan fingerprint density at radius 2 is 1.69 bits per heavy atom. The van der Waals surface area contributed by atoms with Gasteiger partial charge in [0.05, 0.1) is 12.2 Å². The Balaban J connectivity index is 1.44. The molecule has 1 aliphatic heterocycles. The number of alkyl halides is 3. The first-order valence-electron chi connectivity index (χ1n) is 11.5. The Kier molecular flexibility index (Phi) is 6.59. The van der Waals surface area contributed by atoms with Crippen LogP contribution in [0.5, 0.6) is 17.2 Å². The number of pyridine rings is 1. The summed E-state index contributed by atoms with van der Waals surface area (Å²) in [6.45, 7) is -0.436. The van der Waals surface area contributed by atoms with Gasteiger partial charge < -0.3 is 24.4 Å². The third-order valence-corrected chi connectivity index (χ3v) is 6.13. The van der Waals surface area contributed by atoms with Crippen LogP contribution in [0.3, 0.4) is 0 Å². The van der Waals surface area contributed by atoms with Gasteiger partial charge in [0, 0.05) is 29.8 Å². The summed E-state index contributed by atoms with van der Waals surface area (Å²) in [4.78, 5) is 3.46. The van der Waals surface area contributed by atoms with E-state index in [0.717, 1.165) is 24.6 Å². The van der Waals surface area contributed by atoms with Crippen molar-refractivity contribution in [3.63, 3.8) is 0 Å². The lowest BCUT2D eigenvalue weighted by molar-refractivity contribution is -0.142. The van der Waals surface area contributed by atoms with E-state index >= 15 is 0 Å². The summed E-state index contributed by atoms with van der Waals surface area (Å²) < 4.78 is 57.8. The highest BCUT2D eigenvalue weighted by molar-refractivity contribution is 5.55. The van der Waals surface area contributed by atoms with Gasteiger partial charge in [-0.2, -0.15) is 13.2 Å². The zero-order valence-electron chi connectivity index (χ0n) is 19.2. The number of allylic oxidation sites excluding steroid dienone is 1. The Bertz CT molecular complexity index is 1290. The molecule has 188 valence electrons. The molecule has 1 fully saturated rings. The monoisotopic (exact) mass is 499 g/mol. The first-order valence-corrected chi connectivity index (χ1v) is 11.5. The van der Waals surface area contributed by atoms with Gasteiger partial charge in [-0.3, -0.25) is 4.98 Å². The maximum atomic E-state index is 13.3. The first kappa shape index (κ1) is 24.1. The number of aliphatic hydroxyl groups is 2. The molecule has 5 rings (SSSR count). The molecule has 1 atom stereocenters. The molecule has 2 aliphatic rings. The second-order valence-corrected chi connectivity index (χ2v) is 8.74. The summed E-state index contributed by atoms with van der Waals surface area (Å²) in [5.74, 6) is 1.73. The van der Waals surface area contributed by atoms with Gasteiger partial charge in [-0.15, -0.1) is 0 Å². The van der Waals surface area contributed by atoms with Crippen LogP contribution in [0.4, 0.5) is 13.2 Å². The van der Waals surface area contributed by atoms with E-state index in [-0.39, 0.29) is 42.8 Å². The lowest BCUT2D eigenvalue weighted by Gasteiger charge is -2.25. The van der Waals surface area contributed by atoms with Gasteiger partial charge in [0.2, 0.25) is 0 Å². The SMILES string of the molecule is OCc1ccccc1COc1cc(OCc2cccnc2C(F)(F)F)cc2c1C(O)C=C(C1CC1)O2. The molecule has 9 heteroatoms. The Hall–Kier alpha value is -3.56. The standard InChI is InChI=1S/C27H24F3NO5/c28-27(29,30)26-19(6-3-9-31-26)15-34-20-10-23(35-14-18-5-2-1-4-17(18)13-32)25-21(33)12-22(16-7-8-16)36-24(25)11-20/h1-6,9-12,16,21,32-33H,7-8,13-15H2. The predicted molar refractivity (Wildman–Crippen MR) is 123 cm³/mol. The molecule has 36 heavy (non-hydrogen) atoms. The average Bonchev–Trinajstić information content (AvgIpc) is 3.71. The van der Waals surface area contributed by atoms with Crippen molar-refractivity contribution < 1.29 is 37.6 Å². The highest BCUT2D eigenvalue weighted by atomic mass is 19.4. The number of fused-ring (bicyclic) bond motifs is 1. The Morgan fingerprint density at radius 3 is 2.42 bits per heavy atom. The smallest absolute Gasteiger partial charge is 0.433 e. The van der Waals surface area contributed by atoms with Crippen LogP contribution in [0.25, 0.3) is 0 Å². The van der Waals surface area contributed by atoms with Gasteiger partial charge in [0.15, 0.2) is 5.69 Å². The van der Waals surface area contributed by atoms with Gasteiger partial charge >= 0.3 is 6.18 Å². The van der Waals surface area contributed by atoms with E-state index < -0.39 is 18.0 Å². The molecule has 0 amide bonds. The van der Waals surface area contributed by atoms with Gasteiger partial charge in [-0.25, -0.2) is 0 Å². The fraction of sp³-hybridized carbons (Fsp3) is 0.296. The molecule has 1 aromatic heterocycles. The van der Waals surface area contributed by atoms with Gasteiger partial charge in [-0.05, 0) is 36.1 Å². The van der Waals surface area contributed by atoms with E-state index in [9.17, 15) is 23.4 Å². The Morgan fingerprint density at radius 1 is 0.972 bits per heavy atom. The molecular weight excluding hydrogens is 475 g/mol. The summed E-state index contributed by atoms with van der Waals surface area (Å²) in [7, 11) is 0. The second kappa shape index (κ2) is 9.83. The largest absolute Gasteiger partial charge is 0.489 e. The fourth-order valence-corrected chi connectivity index (χ4v) is 4.12. The van der Waals surface area contributed by atoms with Gasteiger partial charge in [0.25, 0.3) is 0 Å². The number of rotatable bonds is 8. The molecule has 2 N–H and O–H groups in total. The molecule has 0 spiro atoms. The van der Waals surface area contributed by atoms with Crippen LogP contribution < -0.4 is 14.2 Å². The lowest BCUT2D eigenvalue weighted by atomic mass is 10.0. The van der Waals surface area contributed by atoms with Gasteiger partial charge in [0.1, 0.15) is 42.3 Å². The minimum absolute atomic E-state index is 0.0966. The molecule has 1 aliphatic carbocycles. The van der Waals surface area contributed by atoms with Crippen molar-refractivity contribution in [3.05, 3.63) is 94.5 Å². The lowest BCUT2D eigenvalue weighted by Crippen LogP contribution is -2.14. The zero-order valence-corrected chi connectivity index (χ0v) is 19.2. The van der Waals surface area contributed by atoms with Crippen LogP contribution in [0.15, 0.2) is 66.6 Å². The predicted octanol–water partition coefficient (Wildman–Crippen LogP) is 5.47. The van der Waals surface area contributed by atoms with E-state index in [0.29, 0.717) is 22.6 Å². The normalized spacial score (nSPS) is 17.1. The van der Waals surface area contributed by atoms with E-state index in [2.05, 4.69) is 4.98 Å². The molecule has 1 unspecified atom stereocenters. The number of nitrogens with zero attached hydrogens (tertiary/aromatic N) is 1. The highest BCUT2D eigenvalue weighted by Crippen LogP contribution is 2.48. The third-order valence-electron chi connectivity index (χ3n) is 6.13. The van der Waals surface area contributed by atoms with Crippen molar-refractivity contribution >= 4 is 0 Å². The number of hydrogen-bond donors (Lipinski definition) is 2. The number of hydrogen-bond acceptors (Lipinski definition) is 6. The minimum atomic E-state index is -4.61. The van der Waals surface area contributed by atoms with Crippen LogP contribution in [0.2, 0.25) is 0 Å². The van der Waals surface area contributed by atoms with E-state index in [4.69, 9.17) is 14.2 Å². The number of benzene rings is 2. The average molecular weight is 499 g/mol. The number of aliphatic hydroxyl groups excluding tert-OH is 2. The van der Waals surface area contributed by atoms with Crippen LogP contribution in [-0.2, 0) is 26.0 Å². The van der Waals surface area contributed by atoms with Crippen LogP contribution in [0.1, 0.15) is 46.9 Å². The van der Waals surface area contributed by atoms with E-state index in [1.807, 2.05) is 12.1 Å². The van der Waals surface area contributed by atoms with Crippen molar-refractivity contribution in [1.29, 1.82) is 0 Å². The maximum Gasteiger partial charge on any atom is 0.433 e. The molecule has 1 saturated carbocycles. The fourth-order valence-electron chi connectivity index (χ4n) is 4.12. The van der Waals surface area contributed by atoms with Crippen molar-refractivity contribution in [2.24, 2.45) is 5.92 Å². The van der Waals surface area contributed by atoms with Crippen molar-refractivity contribution in [1.82, 2.24) is 4.98 Å². The van der Waals surface area contributed by atoms with Crippen LogP contribution >= 0.6 is 0 Å². The third kappa shape index (κ3) is 5.17. The summed E-state index contributed by atoms with van der Waals surface area (Å²) in [6, 6.07) is 13.0. The molecular formula is C27H24F3NO5.